The Morgan fingerprint density at radius 3 is 2.71 bits per heavy atom. The van der Waals surface area contributed by atoms with Crippen molar-refractivity contribution in [3.8, 4) is 0 Å². The molecule has 28 heavy (non-hydrogen) atoms. The van der Waals surface area contributed by atoms with E-state index in [0.29, 0.717) is 17.1 Å². The Balaban J connectivity index is 1.69. The second kappa shape index (κ2) is 7.20. The van der Waals surface area contributed by atoms with E-state index >= 15 is 0 Å². The van der Waals surface area contributed by atoms with E-state index in [-0.39, 0.29) is 18.0 Å². The third-order valence-electron chi connectivity index (χ3n) is 5.02. The van der Waals surface area contributed by atoms with E-state index in [4.69, 9.17) is 0 Å². The molecule has 1 atom stereocenters. The fourth-order valence-electron chi connectivity index (χ4n) is 3.57. The van der Waals surface area contributed by atoms with Gasteiger partial charge in [0.2, 0.25) is 0 Å². The summed E-state index contributed by atoms with van der Waals surface area (Å²) in [6.07, 6.45) is 3.88. The monoisotopic (exact) mass is 396 g/mol. The molecule has 1 N–H and O–H groups in total. The molecule has 4 rings (SSSR count). The molecule has 0 saturated carbocycles. The highest BCUT2D eigenvalue weighted by molar-refractivity contribution is 7.15. The summed E-state index contributed by atoms with van der Waals surface area (Å²) in [7, 11) is 0. The zero-order valence-corrected chi connectivity index (χ0v) is 16.2. The lowest BCUT2D eigenvalue weighted by Gasteiger charge is -2.27. The number of hydrogen-bond acceptors (Lipinski definition) is 5. The van der Waals surface area contributed by atoms with Crippen LogP contribution in [0.3, 0.4) is 0 Å². The van der Waals surface area contributed by atoms with E-state index in [0.717, 1.165) is 23.3 Å². The van der Waals surface area contributed by atoms with Crippen molar-refractivity contribution in [1.82, 2.24) is 19.6 Å². The van der Waals surface area contributed by atoms with Crippen LogP contribution in [0, 0.1) is 0 Å². The average Bonchev–Trinajstić information content (AvgIpc) is 3.26. The van der Waals surface area contributed by atoms with Crippen LogP contribution < -0.4 is 10.9 Å². The van der Waals surface area contributed by atoms with Crippen molar-refractivity contribution >= 4 is 28.2 Å². The minimum atomic E-state index is -1.07. The number of hydrogen-bond donors (Lipinski definition) is 1. The van der Waals surface area contributed by atoms with Crippen molar-refractivity contribution in [2.75, 3.05) is 0 Å². The van der Waals surface area contributed by atoms with Crippen molar-refractivity contribution in [3.63, 3.8) is 0 Å². The maximum atomic E-state index is 13.4. The highest BCUT2D eigenvalue weighted by Crippen LogP contribution is 2.34. The molecule has 3 aromatic rings. The normalized spacial score (nSPS) is 19.4. The molecule has 0 bridgehead atoms. The van der Waals surface area contributed by atoms with Crippen molar-refractivity contribution < 1.29 is 9.59 Å². The molecule has 8 heteroatoms. The van der Waals surface area contributed by atoms with Gasteiger partial charge in [0.25, 0.3) is 11.5 Å². The van der Waals surface area contributed by atoms with Crippen LogP contribution in [-0.4, -0.2) is 26.2 Å². The van der Waals surface area contributed by atoms with Gasteiger partial charge in [-0.15, -0.1) is 11.3 Å². The number of nitrogens with zero attached hydrogens (tertiary/aromatic N) is 3. The summed E-state index contributed by atoms with van der Waals surface area (Å²) in [5.41, 5.74) is -0.133. The first-order valence-electron chi connectivity index (χ1n) is 9.20. The number of unbranched alkanes of at least 4 members (excludes halogenated alkanes) is 1. The second-order valence-corrected chi connectivity index (χ2v) is 7.71. The first-order chi connectivity index (χ1) is 13.5. The standard InChI is InChI=1S/C20H20N4O3S/c1-2-3-9-20(14-7-5-4-6-8-14)17(26)24(18(27)22-20)13-15-12-16(25)23-10-11-28-19(23)21-15/h4-8,10-12H,2-3,9,13H2,1H3,(H,22,27). The van der Waals surface area contributed by atoms with Crippen LogP contribution in [0.15, 0.2) is 52.8 Å². The number of aromatic nitrogens is 2. The van der Waals surface area contributed by atoms with E-state index in [1.807, 2.05) is 37.3 Å². The average molecular weight is 396 g/mol. The predicted octanol–water partition coefficient (Wildman–Crippen LogP) is 2.89. The van der Waals surface area contributed by atoms with Gasteiger partial charge in [-0.05, 0) is 12.0 Å². The molecule has 0 radical (unpaired) electrons. The van der Waals surface area contributed by atoms with Crippen LogP contribution in [0.2, 0.25) is 0 Å². The summed E-state index contributed by atoms with van der Waals surface area (Å²) in [5, 5.41) is 4.68. The molecule has 3 heterocycles. The number of benzene rings is 1. The largest absolute Gasteiger partial charge is 0.325 e. The zero-order chi connectivity index (χ0) is 19.7. The van der Waals surface area contributed by atoms with Crippen LogP contribution in [0.25, 0.3) is 4.96 Å². The molecule has 1 saturated heterocycles. The molecule has 144 valence electrons. The van der Waals surface area contributed by atoms with E-state index in [2.05, 4.69) is 10.3 Å². The SMILES string of the molecule is CCCCC1(c2ccccc2)NC(=O)N(Cc2cc(=O)n3ccsc3n2)C1=O. The molecule has 0 spiro atoms. The van der Waals surface area contributed by atoms with Crippen molar-refractivity contribution in [3.05, 3.63) is 69.6 Å². The zero-order valence-electron chi connectivity index (χ0n) is 15.4. The molecule has 1 unspecified atom stereocenters. The van der Waals surface area contributed by atoms with Gasteiger partial charge in [0.05, 0.1) is 12.2 Å². The quantitative estimate of drug-likeness (QED) is 0.650. The van der Waals surface area contributed by atoms with Crippen molar-refractivity contribution in [2.45, 2.75) is 38.3 Å². The predicted molar refractivity (Wildman–Crippen MR) is 106 cm³/mol. The molecular weight excluding hydrogens is 376 g/mol. The van der Waals surface area contributed by atoms with E-state index < -0.39 is 11.6 Å². The lowest BCUT2D eigenvalue weighted by Crippen LogP contribution is -2.44. The minimum absolute atomic E-state index is 0.0327. The fraction of sp³-hybridized carbons (Fsp3) is 0.300. The lowest BCUT2D eigenvalue weighted by molar-refractivity contribution is -0.132. The number of imide groups is 1. The van der Waals surface area contributed by atoms with Crippen LogP contribution in [0.4, 0.5) is 4.79 Å². The Bertz CT molecular complexity index is 1090. The molecule has 7 nitrogen and oxygen atoms in total. The molecule has 0 aliphatic carbocycles. The minimum Gasteiger partial charge on any atom is -0.319 e. The van der Waals surface area contributed by atoms with Gasteiger partial charge in [-0.25, -0.2) is 9.78 Å². The first kappa shape index (κ1) is 18.4. The summed E-state index contributed by atoms with van der Waals surface area (Å²) in [5.74, 6) is -0.301. The maximum absolute atomic E-state index is 13.4. The summed E-state index contributed by atoms with van der Waals surface area (Å²) >= 11 is 1.33. The summed E-state index contributed by atoms with van der Waals surface area (Å²) < 4.78 is 1.44. The van der Waals surface area contributed by atoms with Gasteiger partial charge in [-0.1, -0.05) is 50.1 Å². The van der Waals surface area contributed by atoms with Gasteiger partial charge in [0, 0.05) is 17.6 Å². The third-order valence-corrected chi connectivity index (χ3v) is 5.78. The van der Waals surface area contributed by atoms with Gasteiger partial charge in [0.1, 0.15) is 5.54 Å². The molecule has 2 aromatic heterocycles. The molecule has 1 fully saturated rings. The number of amides is 3. The summed E-state index contributed by atoms with van der Waals surface area (Å²) in [4.78, 5) is 44.4. The second-order valence-electron chi connectivity index (χ2n) is 6.84. The van der Waals surface area contributed by atoms with Gasteiger partial charge in [-0.2, -0.15) is 0 Å². The first-order valence-corrected chi connectivity index (χ1v) is 10.1. The number of thiazole rings is 1. The highest BCUT2D eigenvalue weighted by Gasteiger charge is 2.51. The number of carbonyl (C=O) groups is 2. The lowest BCUT2D eigenvalue weighted by atomic mass is 9.85. The van der Waals surface area contributed by atoms with Crippen LogP contribution in [0.5, 0.6) is 0 Å². The molecule has 3 amide bonds. The maximum Gasteiger partial charge on any atom is 0.325 e. The Hall–Kier alpha value is -3.00. The smallest absolute Gasteiger partial charge is 0.319 e. The summed E-state index contributed by atoms with van der Waals surface area (Å²) in [6, 6.07) is 10.2. The van der Waals surface area contributed by atoms with E-state index in [9.17, 15) is 14.4 Å². The highest BCUT2D eigenvalue weighted by atomic mass is 32.1. The molecule has 1 aliphatic heterocycles. The number of urea groups is 1. The Morgan fingerprint density at radius 1 is 1.18 bits per heavy atom. The van der Waals surface area contributed by atoms with Crippen molar-refractivity contribution in [1.29, 1.82) is 0 Å². The number of rotatable bonds is 6. The van der Waals surface area contributed by atoms with Gasteiger partial charge in [0.15, 0.2) is 4.96 Å². The third kappa shape index (κ3) is 2.99. The van der Waals surface area contributed by atoms with E-state index in [1.54, 1.807) is 11.6 Å². The Morgan fingerprint density at radius 2 is 1.96 bits per heavy atom. The van der Waals surface area contributed by atoms with Crippen LogP contribution >= 0.6 is 11.3 Å². The fourth-order valence-corrected chi connectivity index (χ4v) is 4.31. The Labute approximate surface area is 165 Å². The molecule has 1 aromatic carbocycles. The number of fused-ring (bicyclic) bond motifs is 1. The van der Waals surface area contributed by atoms with Gasteiger partial charge < -0.3 is 5.32 Å². The van der Waals surface area contributed by atoms with Crippen LogP contribution in [-0.2, 0) is 16.9 Å². The van der Waals surface area contributed by atoms with E-state index in [1.165, 1.54) is 21.8 Å². The Kier molecular flexibility index (Phi) is 4.72. The van der Waals surface area contributed by atoms with Crippen molar-refractivity contribution in [2.24, 2.45) is 0 Å². The molecule has 1 aliphatic rings. The number of nitrogens with one attached hydrogen (secondary N) is 1. The molecular formula is C20H20N4O3S. The van der Waals surface area contributed by atoms with Gasteiger partial charge >= 0.3 is 6.03 Å². The van der Waals surface area contributed by atoms with Gasteiger partial charge in [-0.3, -0.25) is 18.9 Å². The van der Waals surface area contributed by atoms with Crippen LogP contribution in [0.1, 0.15) is 37.4 Å². The number of carbonyl (C=O) groups excluding carboxylic acids is 2. The summed E-state index contributed by atoms with van der Waals surface area (Å²) in [6.45, 7) is 2.01. The topological polar surface area (TPSA) is 83.8 Å².